The Hall–Kier alpha value is -0.630. The molecule has 2 unspecified atom stereocenters. The summed E-state index contributed by atoms with van der Waals surface area (Å²) < 4.78 is 49.5. The van der Waals surface area contributed by atoms with Gasteiger partial charge in [-0.1, -0.05) is 29.8 Å². The molecule has 0 saturated carbocycles. The highest BCUT2D eigenvalue weighted by Gasteiger charge is 2.52. The van der Waals surface area contributed by atoms with Gasteiger partial charge >= 0.3 is 0 Å². The summed E-state index contributed by atoms with van der Waals surface area (Å²) in [6.45, 7) is 0.0831. The van der Waals surface area contributed by atoms with Crippen LogP contribution in [0.25, 0.3) is 0 Å². The Bertz CT molecular complexity index is 744. The fraction of sp³-hybridized carbons (Fsp3) is 0.500. The van der Waals surface area contributed by atoms with Crippen LogP contribution in [0.2, 0.25) is 5.02 Å². The average molecular weight is 336 g/mol. The normalized spacial score (nSPS) is 28.9. The molecule has 2 heterocycles. The van der Waals surface area contributed by atoms with E-state index in [-0.39, 0.29) is 18.1 Å². The number of hydrogen-bond acceptors (Lipinski definition) is 4. The Kier molecular flexibility index (Phi) is 3.36. The standard InChI is InChI=1S/C12H14ClNO4S2/c13-12-4-2-1-3-9(12)7-20(17,18)14-6-11-5-10(14)8-19(11,15)16/h1-4,10-11H,5-8H2. The van der Waals surface area contributed by atoms with E-state index >= 15 is 0 Å². The lowest BCUT2D eigenvalue weighted by molar-refractivity contribution is 0.402. The van der Waals surface area contributed by atoms with Crippen LogP contribution < -0.4 is 0 Å². The van der Waals surface area contributed by atoms with Gasteiger partial charge in [0.15, 0.2) is 9.84 Å². The molecule has 3 rings (SSSR count). The predicted octanol–water partition coefficient (Wildman–Crippen LogP) is 1.04. The van der Waals surface area contributed by atoms with Gasteiger partial charge in [0.25, 0.3) is 0 Å². The van der Waals surface area contributed by atoms with Crippen molar-refractivity contribution in [3.8, 4) is 0 Å². The van der Waals surface area contributed by atoms with E-state index in [1.54, 1.807) is 24.3 Å². The maximum absolute atomic E-state index is 12.4. The molecule has 0 spiro atoms. The molecule has 0 radical (unpaired) electrons. The molecule has 1 aromatic carbocycles. The van der Waals surface area contributed by atoms with E-state index in [1.165, 1.54) is 4.31 Å². The number of halogens is 1. The number of rotatable bonds is 3. The molecule has 2 atom stereocenters. The number of benzene rings is 1. The summed E-state index contributed by atoms with van der Waals surface area (Å²) >= 11 is 5.98. The molecule has 2 saturated heterocycles. The molecule has 0 amide bonds. The van der Waals surface area contributed by atoms with Crippen molar-refractivity contribution in [3.63, 3.8) is 0 Å². The van der Waals surface area contributed by atoms with Crippen LogP contribution in [-0.2, 0) is 25.6 Å². The maximum Gasteiger partial charge on any atom is 0.218 e. The van der Waals surface area contributed by atoms with Gasteiger partial charge in [-0.15, -0.1) is 0 Å². The Balaban J connectivity index is 1.83. The van der Waals surface area contributed by atoms with Crippen LogP contribution in [0.15, 0.2) is 24.3 Å². The molecule has 2 fully saturated rings. The molecule has 2 aliphatic rings. The Morgan fingerprint density at radius 2 is 2.00 bits per heavy atom. The summed E-state index contributed by atoms with van der Waals surface area (Å²) in [5.41, 5.74) is 0.541. The molecular formula is C12H14ClNO4S2. The summed E-state index contributed by atoms with van der Waals surface area (Å²) in [6.07, 6.45) is 0.421. The third-order valence-electron chi connectivity index (χ3n) is 3.91. The van der Waals surface area contributed by atoms with Gasteiger partial charge < -0.3 is 0 Å². The number of hydrogen-bond donors (Lipinski definition) is 0. The van der Waals surface area contributed by atoms with Gasteiger partial charge in [0.1, 0.15) is 0 Å². The van der Waals surface area contributed by atoms with E-state index in [9.17, 15) is 16.8 Å². The average Bonchev–Trinajstić information content (AvgIpc) is 2.87. The predicted molar refractivity (Wildman–Crippen MR) is 76.8 cm³/mol. The van der Waals surface area contributed by atoms with Crippen molar-refractivity contribution in [3.05, 3.63) is 34.9 Å². The van der Waals surface area contributed by atoms with Crippen molar-refractivity contribution in [1.29, 1.82) is 0 Å². The van der Waals surface area contributed by atoms with Crippen LogP contribution in [0.5, 0.6) is 0 Å². The van der Waals surface area contributed by atoms with E-state index in [0.29, 0.717) is 17.0 Å². The molecule has 0 aromatic heterocycles. The van der Waals surface area contributed by atoms with Gasteiger partial charge in [0.05, 0.1) is 16.8 Å². The molecule has 8 heteroatoms. The third-order valence-corrected chi connectivity index (χ3v) is 8.32. The smallest absolute Gasteiger partial charge is 0.218 e. The summed E-state index contributed by atoms with van der Waals surface area (Å²) in [6, 6.07) is 6.38. The summed E-state index contributed by atoms with van der Waals surface area (Å²) in [5.74, 6) is -0.241. The van der Waals surface area contributed by atoms with Crippen LogP contribution >= 0.6 is 11.6 Å². The first kappa shape index (κ1) is 14.3. The van der Waals surface area contributed by atoms with Crippen LogP contribution in [0.1, 0.15) is 12.0 Å². The van der Waals surface area contributed by atoms with Crippen molar-refractivity contribution in [1.82, 2.24) is 4.31 Å². The van der Waals surface area contributed by atoms with Crippen molar-refractivity contribution >= 4 is 31.5 Å². The number of sulfone groups is 1. The lowest BCUT2D eigenvalue weighted by Crippen LogP contribution is -2.44. The lowest BCUT2D eigenvalue weighted by Gasteiger charge is -2.26. The molecule has 2 bridgehead atoms. The Morgan fingerprint density at radius 3 is 2.55 bits per heavy atom. The number of fused-ring (bicyclic) bond motifs is 2. The highest BCUT2D eigenvalue weighted by atomic mass is 35.5. The van der Waals surface area contributed by atoms with E-state index in [0.717, 1.165) is 0 Å². The van der Waals surface area contributed by atoms with E-state index in [4.69, 9.17) is 11.6 Å². The lowest BCUT2D eigenvalue weighted by atomic mass is 10.2. The minimum absolute atomic E-state index is 0.0561. The zero-order chi connectivity index (χ0) is 14.5. The second-order valence-electron chi connectivity index (χ2n) is 5.26. The number of sulfonamides is 1. The van der Waals surface area contributed by atoms with Crippen LogP contribution in [0.4, 0.5) is 0 Å². The van der Waals surface area contributed by atoms with Gasteiger partial charge in [0.2, 0.25) is 10.0 Å². The van der Waals surface area contributed by atoms with Gasteiger partial charge in [-0.3, -0.25) is 0 Å². The van der Waals surface area contributed by atoms with E-state index < -0.39 is 31.2 Å². The highest BCUT2D eigenvalue weighted by molar-refractivity contribution is 7.93. The highest BCUT2D eigenvalue weighted by Crippen LogP contribution is 2.35. The fourth-order valence-corrected chi connectivity index (χ4v) is 7.23. The number of nitrogens with zero attached hydrogens (tertiary/aromatic N) is 1. The van der Waals surface area contributed by atoms with Crippen LogP contribution in [0, 0.1) is 0 Å². The van der Waals surface area contributed by atoms with E-state index in [2.05, 4.69) is 0 Å². The second-order valence-corrected chi connectivity index (χ2v) is 9.91. The monoisotopic (exact) mass is 335 g/mol. The summed E-state index contributed by atoms with van der Waals surface area (Å²) in [4.78, 5) is 0. The zero-order valence-electron chi connectivity index (χ0n) is 10.6. The van der Waals surface area contributed by atoms with Gasteiger partial charge in [-0.25, -0.2) is 16.8 Å². The first-order chi connectivity index (χ1) is 9.29. The fourth-order valence-electron chi connectivity index (χ4n) is 2.90. The van der Waals surface area contributed by atoms with Crippen LogP contribution in [-0.4, -0.2) is 44.7 Å². The Labute approximate surface area is 123 Å². The summed E-state index contributed by atoms with van der Waals surface area (Å²) in [7, 11) is -6.63. The van der Waals surface area contributed by atoms with Crippen molar-refractivity contribution in [2.45, 2.75) is 23.5 Å². The topological polar surface area (TPSA) is 71.5 Å². The second kappa shape index (κ2) is 4.69. The maximum atomic E-state index is 12.4. The molecule has 0 aliphatic carbocycles. The first-order valence-corrected chi connectivity index (χ1v) is 9.94. The van der Waals surface area contributed by atoms with Gasteiger partial charge in [0, 0.05) is 17.6 Å². The first-order valence-electron chi connectivity index (χ1n) is 6.24. The van der Waals surface area contributed by atoms with Crippen LogP contribution in [0.3, 0.4) is 0 Å². The SMILES string of the molecule is O=S1(=O)CC2CC1CN2S(=O)(=O)Cc1ccccc1Cl. The minimum atomic E-state index is -3.53. The van der Waals surface area contributed by atoms with Gasteiger partial charge in [-0.2, -0.15) is 4.31 Å². The van der Waals surface area contributed by atoms with Crippen molar-refractivity contribution in [2.75, 3.05) is 12.3 Å². The van der Waals surface area contributed by atoms with E-state index in [1.807, 2.05) is 0 Å². The Morgan fingerprint density at radius 1 is 1.30 bits per heavy atom. The molecular weight excluding hydrogens is 322 g/mol. The van der Waals surface area contributed by atoms with Crippen molar-refractivity contribution in [2.24, 2.45) is 0 Å². The minimum Gasteiger partial charge on any atom is -0.228 e. The van der Waals surface area contributed by atoms with Crippen molar-refractivity contribution < 1.29 is 16.8 Å². The zero-order valence-corrected chi connectivity index (χ0v) is 13.0. The molecule has 5 nitrogen and oxygen atoms in total. The molecule has 20 heavy (non-hydrogen) atoms. The quantitative estimate of drug-likeness (QED) is 0.827. The molecule has 2 aliphatic heterocycles. The third kappa shape index (κ3) is 2.36. The largest absolute Gasteiger partial charge is 0.228 e. The summed E-state index contributed by atoms with van der Waals surface area (Å²) in [5, 5.41) is -0.124. The molecule has 110 valence electrons. The molecule has 0 N–H and O–H groups in total. The van der Waals surface area contributed by atoms with Gasteiger partial charge in [-0.05, 0) is 18.1 Å². The molecule has 1 aromatic rings.